The van der Waals surface area contributed by atoms with Gasteiger partial charge in [0.15, 0.2) is 92.6 Å². The predicted octanol–water partition coefficient (Wildman–Crippen LogP) is 16.0. The monoisotopic (exact) mass is 1830 g/mol. The Morgan fingerprint density at radius 2 is 0.553 bits per heavy atom. The highest BCUT2D eigenvalue weighted by Gasteiger charge is 2.31. The molecule has 0 aliphatic rings. The van der Waals surface area contributed by atoms with E-state index < -0.39 is 92.0 Å². The molecule has 10 aromatic carbocycles. The van der Waals surface area contributed by atoms with E-state index in [2.05, 4.69) is 15.9 Å². The molecule has 5 heterocycles. The number of benzene rings is 10. The van der Waals surface area contributed by atoms with Crippen molar-refractivity contribution in [3.05, 3.63) is 304 Å². The molecule has 0 unspecified atom stereocenters. The maximum atomic E-state index is 13.0. The van der Waals surface area contributed by atoms with Gasteiger partial charge in [0.05, 0.1) is 80.9 Å². The van der Waals surface area contributed by atoms with E-state index in [9.17, 15) is 66.1 Å². The number of hydrogen-bond donors (Lipinski definition) is 0. The van der Waals surface area contributed by atoms with Crippen molar-refractivity contribution in [1.82, 2.24) is 0 Å². The van der Waals surface area contributed by atoms with Crippen LogP contribution in [0.15, 0.2) is 336 Å². The summed E-state index contributed by atoms with van der Waals surface area (Å²) in [6, 6.07) is 60.3. The third-order valence-electron chi connectivity index (χ3n) is 18.6. The van der Waals surface area contributed by atoms with Crippen molar-refractivity contribution in [2.45, 2.75) is 89.0 Å². The van der Waals surface area contributed by atoms with Gasteiger partial charge >= 0.3 is 28.1 Å². The molecule has 0 fully saturated rings. The summed E-state index contributed by atoms with van der Waals surface area (Å²) < 4.78 is 196. The highest BCUT2D eigenvalue weighted by molar-refractivity contribution is 9.10. The Labute approximate surface area is 712 Å². The summed E-state index contributed by atoms with van der Waals surface area (Å²) in [5.41, 5.74) is -1.75. The van der Waals surface area contributed by atoms with E-state index in [1.54, 1.807) is 134 Å². The first-order valence-electron chi connectivity index (χ1n) is 36.6. The molecule has 0 aliphatic heterocycles. The molecule has 0 atom stereocenters. The van der Waals surface area contributed by atoms with Gasteiger partial charge in [-0.1, -0.05) is 127 Å². The van der Waals surface area contributed by atoms with Crippen molar-refractivity contribution >= 4 is 120 Å². The van der Waals surface area contributed by atoms with Crippen LogP contribution in [0.3, 0.4) is 0 Å². The highest BCUT2D eigenvalue weighted by Crippen LogP contribution is 2.37. The average Bonchev–Trinajstić information content (AvgIpc) is 0.788. The van der Waals surface area contributed by atoms with Gasteiger partial charge in [0.1, 0.15) is 5.75 Å². The maximum Gasteiger partial charge on any atom is 0.355 e. The van der Waals surface area contributed by atoms with Gasteiger partial charge in [0.25, 0.3) is 0 Å². The fourth-order valence-corrected chi connectivity index (χ4v) is 18.9. The smallest absolute Gasteiger partial charge is 0.355 e. The molecule has 0 bridgehead atoms. The minimum Gasteiger partial charge on any atom is -0.497 e. The zero-order valence-corrected chi connectivity index (χ0v) is 73.2. The van der Waals surface area contributed by atoms with Crippen molar-refractivity contribution < 1.29 is 102 Å². The van der Waals surface area contributed by atoms with E-state index in [0.717, 1.165) is 15.6 Å². The molecule has 0 saturated heterocycles. The topological polar surface area (TPSA) is 396 Å². The quantitative estimate of drug-likeness (QED) is 0.0678. The van der Waals surface area contributed by atoms with Gasteiger partial charge in [0, 0.05) is 37.5 Å². The molecular formula is C89H77BrO28S5. The Morgan fingerprint density at radius 3 is 0.837 bits per heavy atom. The van der Waals surface area contributed by atoms with Crippen LogP contribution in [0.2, 0.25) is 0 Å². The Bertz CT molecular complexity index is 7270. The van der Waals surface area contributed by atoms with E-state index in [1.165, 1.54) is 159 Å². The van der Waals surface area contributed by atoms with Crippen molar-refractivity contribution in [3.8, 4) is 46.0 Å². The summed E-state index contributed by atoms with van der Waals surface area (Å²) in [5.74, 6) is 2.99. The minimum atomic E-state index is -4.13. The molecule has 0 spiro atoms. The van der Waals surface area contributed by atoms with Crippen LogP contribution in [-0.4, -0.2) is 98.5 Å². The summed E-state index contributed by atoms with van der Waals surface area (Å²) in [6.07, 6.45) is 0. The van der Waals surface area contributed by atoms with Gasteiger partial charge < -0.3 is 60.0 Å². The van der Waals surface area contributed by atoms with Crippen LogP contribution in [0.25, 0.3) is 54.8 Å². The lowest BCUT2D eigenvalue weighted by atomic mass is 9.87. The van der Waals surface area contributed by atoms with Crippen LogP contribution in [0.4, 0.5) is 0 Å². The van der Waals surface area contributed by atoms with Crippen LogP contribution in [0, 0.1) is 6.92 Å². The van der Waals surface area contributed by atoms with Crippen molar-refractivity contribution in [2.24, 2.45) is 0 Å². The van der Waals surface area contributed by atoms with Gasteiger partial charge in [-0.2, -0.15) is 0 Å². The van der Waals surface area contributed by atoms with Gasteiger partial charge in [-0.25, -0.2) is 66.1 Å². The third kappa shape index (κ3) is 19.4. The number of halogens is 1. The van der Waals surface area contributed by atoms with Crippen molar-refractivity contribution in [1.29, 1.82) is 0 Å². The number of aryl methyl sites for hydroxylation is 1. The molecule has 15 aromatic rings. The first-order valence-corrected chi connectivity index (χ1v) is 44.8. The second-order valence-corrected chi connectivity index (χ2v) is 37.9. The molecule has 0 N–H and O–H groups in total. The summed E-state index contributed by atoms with van der Waals surface area (Å²) in [4.78, 5) is 59.3. The second-order valence-electron chi connectivity index (χ2n) is 27.4. The number of fused-ring (bicyclic) bond motifs is 5. The molecule has 638 valence electrons. The third-order valence-corrected chi connectivity index (χ3v) is 27.9. The molecule has 0 amide bonds. The van der Waals surface area contributed by atoms with Crippen molar-refractivity contribution in [3.63, 3.8) is 0 Å². The molecule has 5 aromatic heterocycles. The molecule has 123 heavy (non-hydrogen) atoms. The van der Waals surface area contributed by atoms with E-state index >= 15 is 0 Å². The SMILES string of the molecule is CCOc1cccc2cc(S(=O)(=O)c3ccc(OC)c(OC)c3)c(=O)oc12.COc1ccc(S(=O)(=O)c2cc3cccc(OC)c3oc2=O)cc1.COc1cccc2cc(S(=O)(=O)c3ccc(Br)cc3)c(=O)oc12.COc1cccc2cc(S(=O)(=O)c3ccc(C(C)(C)C)cc3)c(=O)oc12.COc1cccc2cc(S(=O)(=O)c3ccc(C)cc3)c(=O)oc12. The Hall–Kier alpha value is -13.1. The number of sulfone groups is 5. The van der Waals surface area contributed by atoms with E-state index in [1.807, 2.05) is 27.7 Å². The summed E-state index contributed by atoms with van der Waals surface area (Å²) in [7, 11) is -9.92. The molecule has 34 heteroatoms. The van der Waals surface area contributed by atoms with Crippen LogP contribution >= 0.6 is 15.9 Å². The highest BCUT2D eigenvalue weighted by atomic mass is 79.9. The summed E-state index contributed by atoms with van der Waals surface area (Å²) in [5, 5.41) is 2.34. The molecule has 0 aliphatic carbocycles. The maximum absolute atomic E-state index is 13.0. The Kier molecular flexibility index (Phi) is 27.6. The lowest BCUT2D eigenvalue weighted by Crippen LogP contribution is -2.15. The zero-order valence-electron chi connectivity index (χ0n) is 67.6. The summed E-state index contributed by atoms with van der Waals surface area (Å²) >= 11 is 3.24. The van der Waals surface area contributed by atoms with E-state index in [-0.39, 0.29) is 73.3 Å². The number of ether oxygens (including phenoxy) is 8. The number of rotatable bonds is 19. The predicted molar refractivity (Wildman–Crippen MR) is 460 cm³/mol. The average molecular weight is 1830 g/mol. The van der Waals surface area contributed by atoms with Crippen LogP contribution < -0.4 is 66.0 Å². The van der Waals surface area contributed by atoms with Crippen LogP contribution in [0.1, 0.15) is 38.8 Å². The van der Waals surface area contributed by atoms with Crippen molar-refractivity contribution in [2.75, 3.05) is 56.4 Å². The Morgan fingerprint density at radius 1 is 0.293 bits per heavy atom. The molecule has 0 radical (unpaired) electrons. The summed E-state index contributed by atoms with van der Waals surface area (Å²) in [6.45, 7) is 10.2. The zero-order chi connectivity index (χ0) is 89.3. The van der Waals surface area contributed by atoms with Crippen LogP contribution in [0.5, 0.6) is 46.0 Å². The molecular weight excluding hydrogens is 1760 g/mol. The lowest BCUT2D eigenvalue weighted by molar-refractivity contribution is 0.336. The number of hydrogen-bond acceptors (Lipinski definition) is 28. The fraction of sp³-hybridized carbons (Fsp3) is 0.157. The standard InChI is InChI=1S/C20H20O5S.C19H18O7S.C17H14O6S.C17H14O5S.C16H11BrO5S/c1-20(2,3)14-8-10-15(11-9-14)26(22,23)17-12-13-6-5-7-16(24-4)18(13)25-19(17)21;1-4-25-15-7-5-6-12-10-17(19(20)26-18(12)15)27(21,22)13-8-9-14(23-2)16(11-13)24-3;1-21-12-6-8-13(9-7-12)24(19,20)15-10-11-4-3-5-14(22-2)16(11)23-17(15)18;1-11-6-8-13(9-7-11)23(19,20)15-10-12-4-3-5-14(21-2)16(12)22-17(15)18;1-21-13-4-2-3-10-9-14(16(18)22-15(10)13)23(19,20)12-7-5-11(17)6-8-12/h5-12H,1-4H3;5-11H,4H2,1-3H3;3-10H,1-2H3;3-10H,1-2H3;2-9H,1H3. The Balaban J connectivity index is 0.000000150. The van der Waals surface area contributed by atoms with Gasteiger partial charge in [0.2, 0.25) is 49.2 Å². The van der Waals surface area contributed by atoms with Gasteiger partial charge in [-0.05, 0) is 170 Å². The molecule has 15 rings (SSSR count). The van der Waals surface area contributed by atoms with E-state index in [0.29, 0.717) is 73.8 Å². The molecule has 0 saturated carbocycles. The van der Waals surface area contributed by atoms with Gasteiger partial charge in [-0.3, -0.25) is 0 Å². The largest absolute Gasteiger partial charge is 0.497 e. The minimum absolute atomic E-state index is 0.0159. The fourth-order valence-electron chi connectivity index (χ4n) is 12.2. The number of methoxy groups -OCH3 is 7. The van der Waals surface area contributed by atoms with Crippen LogP contribution in [-0.2, 0) is 54.6 Å². The van der Waals surface area contributed by atoms with E-state index in [4.69, 9.17) is 60.0 Å². The first-order chi connectivity index (χ1) is 58.4. The molecule has 28 nitrogen and oxygen atoms in total. The lowest BCUT2D eigenvalue weighted by Gasteiger charge is -2.19. The normalized spacial score (nSPS) is 11.7. The second kappa shape index (κ2) is 37.5. The number of para-hydroxylation sites is 5. The van der Waals surface area contributed by atoms with Gasteiger partial charge in [-0.15, -0.1) is 0 Å². The first kappa shape index (κ1) is 90.6.